The first-order valence-corrected chi connectivity index (χ1v) is 11.4. The van der Waals surface area contributed by atoms with Crippen molar-refractivity contribution < 1.29 is 9.53 Å². The molecule has 0 radical (unpaired) electrons. The van der Waals surface area contributed by atoms with Crippen LogP contribution in [0.3, 0.4) is 0 Å². The highest BCUT2D eigenvalue weighted by atomic mass is 79.9. The number of Topliss-reactive ketones (excluding diaryl/α,β-unsaturated/α-hetero) is 1. The number of imidazole rings is 1. The Labute approximate surface area is 187 Å². The van der Waals surface area contributed by atoms with E-state index in [4.69, 9.17) is 4.74 Å². The molecule has 158 valence electrons. The van der Waals surface area contributed by atoms with Crippen LogP contribution >= 0.6 is 15.9 Å². The van der Waals surface area contributed by atoms with Gasteiger partial charge in [-0.1, -0.05) is 54.4 Å². The summed E-state index contributed by atoms with van der Waals surface area (Å²) in [5.74, 6) is 1.14. The van der Waals surface area contributed by atoms with Gasteiger partial charge in [-0.2, -0.15) is 0 Å². The lowest BCUT2D eigenvalue weighted by molar-refractivity contribution is -0.118. The third kappa shape index (κ3) is 6.05. The molecule has 1 atom stereocenters. The summed E-state index contributed by atoms with van der Waals surface area (Å²) in [6.07, 6.45) is 9.63. The molecule has 0 N–H and O–H groups in total. The van der Waals surface area contributed by atoms with Gasteiger partial charge in [0.05, 0.1) is 12.4 Å². The van der Waals surface area contributed by atoms with Gasteiger partial charge in [0, 0.05) is 35.3 Å². The SMILES string of the molecule is CCCC(=O)Cc1ccc(OCc2ccc(Br)cc2)c(C(CCC)n2ccnc2)c1. The van der Waals surface area contributed by atoms with Gasteiger partial charge in [0.15, 0.2) is 0 Å². The molecule has 5 heteroatoms. The van der Waals surface area contributed by atoms with E-state index in [9.17, 15) is 4.79 Å². The van der Waals surface area contributed by atoms with Crippen LogP contribution in [0, 0.1) is 0 Å². The number of nitrogens with zero attached hydrogens (tertiary/aromatic N) is 2. The predicted octanol–water partition coefficient (Wildman–Crippen LogP) is 6.53. The molecule has 0 bridgehead atoms. The van der Waals surface area contributed by atoms with Crippen LogP contribution in [0.1, 0.15) is 62.3 Å². The number of benzene rings is 2. The standard InChI is InChI=1S/C25H29BrN2O2/c1-3-5-22(29)15-20-9-12-25(30-17-19-7-10-21(26)11-8-19)23(16-20)24(6-4-2)28-14-13-27-18-28/h7-14,16,18,24H,3-6,15,17H2,1-2H3. The number of halogens is 1. The first-order valence-electron chi connectivity index (χ1n) is 10.6. The van der Waals surface area contributed by atoms with E-state index in [0.717, 1.165) is 46.2 Å². The van der Waals surface area contributed by atoms with Crippen molar-refractivity contribution in [1.29, 1.82) is 0 Å². The van der Waals surface area contributed by atoms with Crippen LogP contribution < -0.4 is 4.74 Å². The molecule has 0 aliphatic rings. The molecule has 0 fully saturated rings. The Bertz CT molecular complexity index is 936. The van der Waals surface area contributed by atoms with E-state index < -0.39 is 0 Å². The summed E-state index contributed by atoms with van der Waals surface area (Å²) >= 11 is 3.47. The van der Waals surface area contributed by atoms with Crippen molar-refractivity contribution in [2.24, 2.45) is 0 Å². The molecule has 4 nitrogen and oxygen atoms in total. The smallest absolute Gasteiger partial charge is 0.137 e. The fourth-order valence-corrected chi connectivity index (χ4v) is 3.89. The van der Waals surface area contributed by atoms with Crippen molar-refractivity contribution in [3.63, 3.8) is 0 Å². The van der Waals surface area contributed by atoms with E-state index in [0.29, 0.717) is 19.4 Å². The summed E-state index contributed by atoms with van der Waals surface area (Å²) < 4.78 is 9.44. The van der Waals surface area contributed by atoms with Gasteiger partial charge in [0.1, 0.15) is 18.1 Å². The summed E-state index contributed by atoms with van der Waals surface area (Å²) in [4.78, 5) is 16.5. The van der Waals surface area contributed by atoms with Crippen molar-refractivity contribution in [3.05, 3.63) is 82.3 Å². The molecule has 0 aliphatic carbocycles. The Balaban J connectivity index is 1.91. The molecule has 1 heterocycles. The van der Waals surface area contributed by atoms with Gasteiger partial charge in [-0.25, -0.2) is 4.98 Å². The minimum Gasteiger partial charge on any atom is -0.489 e. The first-order chi connectivity index (χ1) is 14.6. The lowest BCUT2D eigenvalue weighted by Gasteiger charge is -2.22. The Kier molecular flexibility index (Phi) is 8.26. The van der Waals surface area contributed by atoms with Crippen LogP contribution in [0.25, 0.3) is 0 Å². The summed E-state index contributed by atoms with van der Waals surface area (Å²) in [6, 6.07) is 14.5. The van der Waals surface area contributed by atoms with E-state index in [1.54, 1.807) is 6.20 Å². The van der Waals surface area contributed by atoms with Crippen molar-refractivity contribution in [2.75, 3.05) is 0 Å². The van der Waals surface area contributed by atoms with E-state index in [1.807, 2.05) is 43.7 Å². The maximum Gasteiger partial charge on any atom is 0.137 e. The molecule has 0 spiro atoms. The molecule has 3 rings (SSSR count). The number of carbonyl (C=O) groups excluding carboxylic acids is 1. The molecule has 0 saturated heterocycles. The monoisotopic (exact) mass is 468 g/mol. The molecule has 3 aromatic rings. The van der Waals surface area contributed by atoms with Gasteiger partial charge in [0.2, 0.25) is 0 Å². The number of aromatic nitrogens is 2. The number of ether oxygens (including phenoxy) is 1. The molecular formula is C25H29BrN2O2. The number of ketones is 1. The summed E-state index contributed by atoms with van der Waals surface area (Å²) in [5.41, 5.74) is 3.26. The summed E-state index contributed by atoms with van der Waals surface area (Å²) in [5, 5.41) is 0. The Morgan fingerprint density at radius 3 is 2.53 bits per heavy atom. The summed E-state index contributed by atoms with van der Waals surface area (Å²) in [7, 11) is 0. The molecule has 30 heavy (non-hydrogen) atoms. The number of hydrogen-bond acceptors (Lipinski definition) is 3. The average molecular weight is 469 g/mol. The normalized spacial score (nSPS) is 12.0. The lowest BCUT2D eigenvalue weighted by atomic mass is 9.96. The minimum atomic E-state index is 0.124. The van der Waals surface area contributed by atoms with E-state index in [2.05, 4.69) is 50.6 Å². The molecule has 2 aromatic carbocycles. The van der Waals surface area contributed by atoms with E-state index in [-0.39, 0.29) is 11.8 Å². The zero-order valence-corrected chi connectivity index (χ0v) is 19.3. The molecular weight excluding hydrogens is 440 g/mol. The fraction of sp³-hybridized carbons (Fsp3) is 0.360. The number of carbonyl (C=O) groups is 1. The molecule has 0 saturated carbocycles. The van der Waals surface area contributed by atoms with Crippen molar-refractivity contribution in [2.45, 2.75) is 58.6 Å². The second kappa shape index (κ2) is 11.1. The van der Waals surface area contributed by atoms with Crippen LogP contribution in [-0.2, 0) is 17.8 Å². The minimum absolute atomic E-state index is 0.124. The van der Waals surface area contributed by atoms with Crippen molar-refractivity contribution in [1.82, 2.24) is 9.55 Å². The second-order valence-corrected chi connectivity index (χ2v) is 8.48. The highest BCUT2D eigenvalue weighted by Gasteiger charge is 2.19. The van der Waals surface area contributed by atoms with Crippen LogP contribution in [0.5, 0.6) is 5.75 Å². The third-order valence-electron chi connectivity index (χ3n) is 5.12. The van der Waals surface area contributed by atoms with Crippen LogP contribution in [0.2, 0.25) is 0 Å². The highest BCUT2D eigenvalue weighted by molar-refractivity contribution is 9.10. The Morgan fingerprint density at radius 1 is 1.10 bits per heavy atom. The average Bonchev–Trinajstić information content (AvgIpc) is 3.27. The zero-order chi connectivity index (χ0) is 21.3. The highest BCUT2D eigenvalue weighted by Crippen LogP contribution is 2.33. The molecule has 1 aromatic heterocycles. The molecule has 1 unspecified atom stereocenters. The zero-order valence-electron chi connectivity index (χ0n) is 17.7. The molecule has 0 aliphatic heterocycles. The third-order valence-corrected chi connectivity index (χ3v) is 5.65. The first kappa shape index (κ1) is 22.3. The largest absolute Gasteiger partial charge is 0.489 e. The topological polar surface area (TPSA) is 44.1 Å². The van der Waals surface area contributed by atoms with Crippen LogP contribution in [-0.4, -0.2) is 15.3 Å². The fourth-order valence-electron chi connectivity index (χ4n) is 3.63. The van der Waals surface area contributed by atoms with E-state index in [1.165, 1.54) is 0 Å². The summed E-state index contributed by atoms with van der Waals surface area (Å²) in [6.45, 7) is 4.72. The second-order valence-electron chi connectivity index (χ2n) is 7.57. The maximum absolute atomic E-state index is 12.2. The molecule has 0 amide bonds. The van der Waals surface area contributed by atoms with Crippen molar-refractivity contribution >= 4 is 21.7 Å². The van der Waals surface area contributed by atoms with Gasteiger partial charge in [0.25, 0.3) is 0 Å². The number of hydrogen-bond donors (Lipinski definition) is 0. The van der Waals surface area contributed by atoms with Crippen LogP contribution in [0.4, 0.5) is 0 Å². The predicted molar refractivity (Wildman–Crippen MR) is 124 cm³/mol. The van der Waals surface area contributed by atoms with Gasteiger partial charge >= 0.3 is 0 Å². The van der Waals surface area contributed by atoms with Gasteiger partial charge < -0.3 is 9.30 Å². The van der Waals surface area contributed by atoms with Gasteiger partial charge in [-0.3, -0.25) is 4.79 Å². The van der Waals surface area contributed by atoms with Gasteiger partial charge in [-0.05, 0) is 48.2 Å². The quantitative estimate of drug-likeness (QED) is 0.321. The Hall–Kier alpha value is -2.40. The number of rotatable bonds is 11. The van der Waals surface area contributed by atoms with Gasteiger partial charge in [-0.15, -0.1) is 0 Å². The lowest BCUT2D eigenvalue weighted by Crippen LogP contribution is -2.12. The maximum atomic E-state index is 12.2. The van der Waals surface area contributed by atoms with Crippen molar-refractivity contribution in [3.8, 4) is 5.75 Å². The van der Waals surface area contributed by atoms with E-state index >= 15 is 0 Å². The Morgan fingerprint density at radius 2 is 1.87 bits per heavy atom. The van der Waals surface area contributed by atoms with Crippen LogP contribution in [0.15, 0.2) is 65.7 Å².